The van der Waals surface area contributed by atoms with Gasteiger partial charge in [-0.3, -0.25) is 10.6 Å². The van der Waals surface area contributed by atoms with Crippen LogP contribution in [-0.4, -0.2) is 76.6 Å². The van der Waals surface area contributed by atoms with Gasteiger partial charge in [0, 0.05) is 32.2 Å². The molecule has 0 spiro atoms. The third-order valence-corrected chi connectivity index (χ3v) is 6.31. The van der Waals surface area contributed by atoms with Crippen molar-refractivity contribution >= 4 is 6.29 Å². The Kier molecular flexibility index (Phi) is 32.0. The summed E-state index contributed by atoms with van der Waals surface area (Å²) >= 11 is 0. The number of ether oxygens (including phenoxy) is 2. The van der Waals surface area contributed by atoms with Crippen LogP contribution < -0.4 is 16.4 Å². The van der Waals surface area contributed by atoms with E-state index < -0.39 is 0 Å². The van der Waals surface area contributed by atoms with Gasteiger partial charge in [0.05, 0.1) is 20.1 Å². The van der Waals surface area contributed by atoms with Gasteiger partial charge >= 0.3 is 0 Å². The molecule has 1 rings (SSSR count). The second-order valence-electron chi connectivity index (χ2n) is 10.8. The van der Waals surface area contributed by atoms with Crippen LogP contribution in [0.25, 0.3) is 0 Å². The highest BCUT2D eigenvalue weighted by Crippen LogP contribution is 2.36. The Bertz CT molecular complexity index is 486. The molecule has 230 valence electrons. The number of rotatable bonds is 20. The normalized spacial score (nSPS) is 15.1. The van der Waals surface area contributed by atoms with Crippen molar-refractivity contribution in [1.82, 2.24) is 15.5 Å². The number of carbonyl (C=O) groups excluding carboxylic acids is 1. The zero-order valence-corrected chi connectivity index (χ0v) is 27.1. The average Bonchev–Trinajstić information content (AvgIpc) is 3.76. The molecule has 2 unspecified atom stereocenters. The van der Waals surface area contributed by atoms with Gasteiger partial charge in [0.15, 0.2) is 0 Å². The highest BCUT2D eigenvalue weighted by atomic mass is 16.5. The molecule has 1 saturated carbocycles. The van der Waals surface area contributed by atoms with Gasteiger partial charge in [0.1, 0.15) is 12.9 Å². The van der Waals surface area contributed by atoms with Crippen LogP contribution in [0, 0.1) is 23.2 Å². The van der Waals surface area contributed by atoms with Crippen molar-refractivity contribution in [1.29, 1.82) is 0 Å². The first-order chi connectivity index (χ1) is 18.2. The molecule has 7 nitrogen and oxygen atoms in total. The number of aldehydes is 1. The lowest BCUT2D eigenvalue weighted by molar-refractivity contribution is -0.112. The van der Waals surface area contributed by atoms with E-state index >= 15 is 0 Å². The second-order valence-corrected chi connectivity index (χ2v) is 10.8. The molecule has 3 atom stereocenters. The highest BCUT2D eigenvalue weighted by molar-refractivity contribution is 5.50. The number of nitrogens with one attached hydrogen (secondary N) is 2. The smallest absolute Gasteiger partial charge is 0.145 e. The van der Waals surface area contributed by atoms with Gasteiger partial charge in [-0.05, 0) is 49.0 Å². The Labute approximate surface area is 238 Å². The molecule has 0 saturated heterocycles. The minimum atomic E-state index is 0.157. The molecular formula is C31H68N4O3. The predicted molar refractivity (Wildman–Crippen MR) is 166 cm³/mol. The Morgan fingerprint density at radius 2 is 1.66 bits per heavy atom. The maximum absolute atomic E-state index is 9.66. The Hall–Kier alpha value is -0.830. The summed E-state index contributed by atoms with van der Waals surface area (Å²) in [6.45, 7) is 32.1. The van der Waals surface area contributed by atoms with E-state index in [4.69, 9.17) is 15.2 Å². The van der Waals surface area contributed by atoms with E-state index in [1.807, 2.05) is 27.7 Å². The zero-order valence-electron chi connectivity index (χ0n) is 27.1. The predicted octanol–water partition coefficient (Wildman–Crippen LogP) is 5.70. The van der Waals surface area contributed by atoms with E-state index in [0.717, 1.165) is 50.9 Å². The lowest BCUT2D eigenvalue weighted by Crippen LogP contribution is -2.46. The Morgan fingerprint density at radius 1 is 1.05 bits per heavy atom. The lowest BCUT2D eigenvalue weighted by atomic mass is 9.80. The van der Waals surface area contributed by atoms with Gasteiger partial charge in [-0.1, -0.05) is 81.7 Å². The maximum Gasteiger partial charge on any atom is 0.145 e. The Morgan fingerprint density at radius 3 is 2.16 bits per heavy atom. The minimum Gasteiger partial charge on any atom is -0.365 e. The van der Waals surface area contributed by atoms with E-state index in [-0.39, 0.29) is 18.1 Å². The molecule has 4 N–H and O–H groups in total. The molecule has 0 aromatic carbocycles. The third kappa shape index (κ3) is 26.8. The molecule has 0 aromatic heterocycles. The minimum absolute atomic E-state index is 0.157. The summed E-state index contributed by atoms with van der Waals surface area (Å²) in [4.78, 5) is 12.2. The summed E-state index contributed by atoms with van der Waals surface area (Å²) in [7, 11) is 0. The molecule has 7 heteroatoms. The topological polar surface area (TPSA) is 88.8 Å². The van der Waals surface area contributed by atoms with Gasteiger partial charge < -0.3 is 24.9 Å². The first-order valence-electron chi connectivity index (χ1n) is 15.3. The van der Waals surface area contributed by atoms with Crippen molar-refractivity contribution in [2.75, 3.05) is 59.4 Å². The second kappa shape index (κ2) is 29.2. The van der Waals surface area contributed by atoms with Crippen molar-refractivity contribution in [3.8, 4) is 0 Å². The highest BCUT2D eigenvalue weighted by Gasteiger charge is 2.28. The number of carbonyl (C=O) groups is 1. The molecular weight excluding hydrogens is 476 g/mol. The molecule has 0 aliphatic heterocycles. The fourth-order valence-electron chi connectivity index (χ4n) is 3.85. The molecule has 0 bridgehead atoms. The van der Waals surface area contributed by atoms with Crippen molar-refractivity contribution in [2.24, 2.45) is 28.9 Å². The quantitative estimate of drug-likeness (QED) is 0.0784. The molecule has 1 fully saturated rings. The van der Waals surface area contributed by atoms with Gasteiger partial charge in [0.2, 0.25) is 0 Å². The summed E-state index contributed by atoms with van der Waals surface area (Å²) in [6, 6.07) is 0.225. The monoisotopic (exact) mass is 545 g/mol. The van der Waals surface area contributed by atoms with Gasteiger partial charge in [-0.15, -0.1) is 6.58 Å². The summed E-state index contributed by atoms with van der Waals surface area (Å²) in [5, 5.41) is 6.31. The van der Waals surface area contributed by atoms with Gasteiger partial charge in [0.25, 0.3) is 0 Å². The van der Waals surface area contributed by atoms with Crippen LogP contribution in [0.15, 0.2) is 12.7 Å². The molecule has 0 amide bonds. The summed E-state index contributed by atoms with van der Waals surface area (Å²) < 4.78 is 10.6. The summed E-state index contributed by atoms with van der Waals surface area (Å²) in [6.07, 6.45) is 7.77. The summed E-state index contributed by atoms with van der Waals surface area (Å²) in [5.41, 5.74) is 6.62. The number of nitrogens with two attached hydrogens (primary N) is 1. The van der Waals surface area contributed by atoms with Crippen LogP contribution >= 0.6 is 0 Å². The third-order valence-electron chi connectivity index (χ3n) is 6.31. The lowest BCUT2D eigenvalue weighted by Gasteiger charge is -2.35. The molecule has 1 aliphatic rings. The van der Waals surface area contributed by atoms with Crippen molar-refractivity contribution in [3.05, 3.63) is 12.7 Å². The van der Waals surface area contributed by atoms with Crippen molar-refractivity contribution < 1.29 is 14.3 Å². The van der Waals surface area contributed by atoms with Crippen LogP contribution in [0.3, 0.4) is 0 Å². The van der Waals surface area contributed by atoms with Crippen molar-refractivity contribution in [2.45, 2.75) is 101 Å². The van der Waals surface area contributed by atoms with Crippen molar-refractivity contribution in [3.63, 3.8) is 0 Å². The molecule has 0 aromatic rings. The standard InChI is InChI=1S/C21H45N3O.C6H11NO2.2C2H6/c1-7-8-11-24(15-18(3)20(22)21(4,5)6)12-13-25-16-23-14-17(2)19-9-10-19;1-2-3-7-6-9-5-4-8;2*1-2/h17-20,23H,7-16,22H2,1-6H3;2,4,7H,1,3,5-6H2;2*1-2H3/t17?,18?,20-;;;/m1.../s1. The van der Waals surface area contributed by atoms with Crippen LogP contribution in [0.2, 0.25) is 0 Å². The molecule has 1 aliphatic carbocycles. The van der Waals surface area contributed by atoms with Gasteiger partial charge in [-0.25, -0.2) is 0 Å². The molecule has 38 heavy (non-hydrogen) atoms. The van der Waals surface area contributed by atoms with Crippen LogP contribution in [0.1, 0.15) is 94.9 Å². The van der Waals surface area contributed by atoms with E-state index in [0.29, 0.717) is 25.9 Å². The van der Waals surface area contributed by atoms with E-state index in [1.54, 1.807) is 6.08 Å². The first-order valence-corrected chi connectivity index (χ1v) is 15.3. The first kappa shape index (κ1) is 41.6. The number of hydrogen-bond acceptors (Lipinski definition) is 7. The fourth-order valence-corrected chi connectivity index (χ4v) is 3.85. The SMILES string of the molecule is C=CCNCOCC=O.CC.CC.CCCCN(CCOCNCC(C)C1CC1)CC(C)[C@@H](N)C(C)(C)C. The van der Waals surface area contributed by atoms with E-state index in [2.05, 4.69) is 63.7 Å². The van der Waals surface area contributed by atoms with Crippen LogP contribution in [0.4, 0.5) is 0 Å². The number of nitrogens with zero attached hydrogens (tertiary/aromatic N) is 1. The maximum atomic E-state index is 9.66. The van der Waals surface area contributed by atoms with E-state index in [9.17, 15) is 4.79 Å². The fraction of sp³-hybridized carbons (Fsp3) is 0.903. The van der Waals surface area contributed by atoms with Crippen LogP contribution in [-0.2, 0) is 14.3 Å². The van der Waals surface area contributed by atoms with Gasteiger partial charge in [-0.2, -0.15) is 0 Å². The number of unbranched alkanes of at least 4 members (excludes halogenated alkanes) is 1. The zero-order chi connectivity index (χ0) is 29.8. The van der Waals surface area contributed by atoms with E-state index in [1.165, 1.54) is 25.7 Å². The Balaban J connectivity index is -0.000000789. The average molecular weight is 545 g/mol. The summed E-state index contributed by atoms with van der Waals surface area (Å²) in [5.74, 6) is 2.25. The largest absolute Gasteiger partial charge is 0.365 e. The molecule has 0 radical (unpaired) electrons. The number of hydrogen-bond donors (Lipinski definition) is 3. The molecule has 0 heterocycles. The van der Waals surface area contributed by atoms with Crippen LogP contribution in [0.5, 0.6) is 0 Å².